The molecule has 0 radical (unpaired) electrons. The van der Waals surface area contributed by atoms with Gasteiger partial charge in [-0.2, -0.15) is 0 Å². The quantitative estimate of drug-likeness (QED) is 0.474. The van der Waals surface area contributed by atoms with Gasteiger partial charge in [-0.05, 0) is 44.4 Å². The first-order chi connectivity index (χ1) is 10.7. The highest BCUT2D eigenvalue weighted by atomic mass is 32.2. The summed E-state index contributed by atoms with van der Waals surface area (Å²) in [7, 11) is -3.32. The molecule has 0 saturated carbocycles. The van der Waals surface area contributed by atoms with Crippen LogP contribution in [-0.2, 0) is 14.8 Å². The number of sulfonamides is 1. The van der Waals surface area contributed by atoms with E-state index in [2.05, 4.69) is 0 Å². The summed E-state index contributed by atoms with van der Waals surface area (Å²) in [6, 6.07) is 5.05. The number of carbonyl (C=O) groups is 2. The molecule has 6 nitrogen and oxygen atoms in total. The lowest BCUT2D eigenvalue weighted by Crippen LogP contribution is -2.42. The van der Waals surface area contributed by atoms with Gasteiger partial charge in [0.2, 0.25) is 10.0 Å². The van der Waals surface area contributed by atoms with Crippen LogP contribution in [0.5, 0.6) is 5.75 Å². The van der Waals surface area contributed by atoms with Crippen LogP contribution in [0.2, 0.25) is 0 Å². The number of ketones is 1. The van der Waals surface area contributed by atoms with Gasteiger partial charge < -0.3 is 4.74 Å². The molecule has 1 saturated heterocycles. The molecular weight excluding hydrogens is 318 g/mol. The third kappa shape index (κ3) is 4.39. The minimum atomic E-state index is -3.32. The smallest absolute Gasteiger partial charge is 0.315 e. The van der Waals surface area contributed by atoms with E-state index in [4.69, 9.17) is 4.74 Å². The summed E-state index contributed by atoms with van der Waals surface area (Å²) in [5, 5.41) is 0. The molecule has 1 aliphatic heterocycles. The number of hydrogen-bond acceptors (Lipinski definition) is 5. The lowest BCUT2D eigenvalue weighted by Gasteiger charge is -2.29. The molecule has 1 aliphatic rings. The van der Waals surface area contributed by atoms with Gasteiger partial charge in [-0.25, -0.2) is 12.7 Å². The lowest BCUT2D eigenvalue weighted by atomic mass is 10.00. The lowest BCUT2D eigenvalue weighted by molar-refractivity contribution is -0.140. The number of ether oxygens (including phenoxy) is 1. The molecule has 0 N–H and O–H groups in total. The maximum Gasteiger partial charge on any atom is 0.315 e. The number of hydrogen-bond donors (Lipinski definition) is 0. The van der Waals surface area contributed by atoms with Crippen molar-refractivity contribution in [3.05, 3.63) is 29.3 Å². The third-order valence-corrected chi connectivity index (χ3v) is 5.18. The first-order valence-corrected chi connectivity index (χ1v) is 9.31. The molecule has 2 rings (SSSR count). The van der Waals surface area contributed by atoms with Gasteiger partial charge in [0.05, 0.1) is 17.7 Å². The van der Waals surface area contributed by atoms with E-state index in [0.717, 1.165) is 11.8 Å². The maximum atomic E-state index is 12.4. The fourth-order valence-electron chi connectivity index (χ4n) is 2.63. The summed E-state index contributed by atoms with van der Waals surface area (Å²) in [5.41, 5.74) is 1.22. The van der Waals surface area contributed by atoms with Crippen LogP contribution in [0.4, 0.5) is 0 Å². The second-order valence-corrected chi connectivity index (χ2v) is 7.92. The van der Waals surface area contributed by atoms with Crippen LogP contribution in [0.3, 0.4) is 0 Å². The zero-order chi connectivity index (χ0) is 17.2. The van der Waals surface area contributed by atoms with Gasteiger partial charge in [0.15, 0.2) is 5.78 Å². The van der Waals surface area contributed by atoms with Gasteiger partial charge in [-0.1, -0.05) is 6.07 Å². The Bertz CT molecular complexity index is 726. The van der Waals surface area contributed by atoms with Crippen LogP contribution in [0.1, 0.15) is 35.7 Å². The van der Waals surface area contributed by atoms with Gasteiger partial charge in [-0.3, -0.25) is 9.59 Å². The summed E-state index contributed by atoms with van der Waals surface area (Å²) >= 11 is 0. The van der Waals surface area contributed by atoms with Crippen LogP contribution in [0, 0.1) is 12.8 Å². The molecule has 126 valence electrons. The highest BCUT2D eigenvalue weighted by Crippen LogP contribution is 2.25. The van der Waals surface area contributed by atoms with Gasteiger partial charge in [-0.15, -0.1) is 0 Å². The average Bonchev–Trinajstić information content (AvgIpc) is 2.46. The van der Waals surface area contributed by atoms with Gasteiger partial charge in [0, 0.05) is 13.1 Å². The van der Waals surface area contributed by atoms with E-state index in [9.17, 15) is 18.0 Å². The van der Waals surface area contributed by atoms with Crippen molar-refractivity contribution in [2.45, 2.75) is 26.7 Å². The molecule has 0 spiro atoms. The Morgan fingerprint density at radius 3 is 2.61 bits per heavy atom. The predicted molar refractivity (Wildman–Crippen MR) is 86.0 cm³/mol. The third-order valence-electron chi connectivity index (χ3n) is 3.91. The predicted octanol–water partition coefficient (Wildman–Crippen LogP) is 1.77. The zero-order valence-electron chi connectivity index (χ0n) is 13.5. The molecule has 0 aliphatic carbocycles. The van der Waals surface area contributed by atoms with Crippen molar-refractivity contribution in [1.82, 2.24) is 4.31 Å². The monoisotopic (exact) mass is 339 g/mol. The average molecular weight is 339 g/mol. The van der Waals surface area contributed by atoms with Crippen LogP contribution >= 0.6 is 0 Å². The molecule has 1 fully saturated rings. The standard InChI is InChI=1S/C16H21NO5S/c1-11-6-7-14(12(2)18)15(9-11)22-16(19)13-5-4-8-17(10-13)23(3,20)21/h6-7,9,13H,4-5,8,10H2,1-3H3/t13-/m1/s1. The minimum Gasteiger partial charge on any atom is -0.425 e. The van der Waals surface area contributed by atoms with E-state index in [1.165, 1.54) is 11.2 Å². The highest BCUT2D eigenvalue weighted by molar-refractivity contribution is 7.88. The number of rotatable bonds is 4. The van der Waals surface area contributed by atoms with Crippen molar-refractivity contribution in [2.24, 2.45) is 5.92 Å². The van der Waals surface area contributed by atoms with E-state index in [1.807, 2.05) is 6.92 Å². The van der Waals surface area contributed by atoms with Crippen LogP contribution < -0.4 is 4.74 Å². The van der Waals surface area contributed by atoms with Crippen molar-refractivity contribution in [3.63, 3.8) is 0 Å². The Morgan fingerprint density at radius 2 is 2.00 bits per heavy atom. The Kier molecular flexibility index (Phi) is 5.21. The van der Waals surface area contributed by atoms with Crippen LogP contribution in [0.25, 0.3) is 0 Å². The van der Waals surface area contributed by atoms with Crippen molar-refractivity contribution in [3.8, 4) is 5.75 Å². The van der Waals surface area contributed by atoms with E-state index in [-0.39, 0.29) is 18.1 Å². The number of piperidine rings is 1. The molecule has 0 bridgehead atoms. The Morgan fingerprint density at radius 1 is 1.30 bits per heavy atom. The summed E-state index contributed by atoms with van der Waals surface area (Å²) in [5.74, 6) is -0.960. The zero-order valence-corrected chi connectivity index (χ0v) is 14.4. The topological polar surface area (TPSA) is 80.8 Å². The summed E-state index contributed by atoms with van der Waals surface area (Å²) in [4.78, 5) is 24.0. The first-order valence-electron chi connectivity index (χ1n) is 7.47. The normalized spacial score (nSPS) is 19.3. The molecule has 23 heavy (non-hydrogen) atoms. The number of nitrogens with zero attached hydrogens (tertiary/aromatic N) is 1. The molecule has 0 aromatic heterocycles. The molecule has 7 heteroatoms. The fourth-order valence-corrected chi connectivity index (χ4v) is 3.54. The number of carbonyl (C=O) groups excluding carboxylic acids is 2. The molecular formula is C16H21NO5S. The second-order valence-electron chi connectivity index (χ2n) is 5.94. The maximum absolute atomic E-state index is 12.4. The van der Waals surface area contributed by atoms with Crippen molar-refractivity contribution in [2.75, 3.05) is 19.3 Å². The summed E-state index contributed by atoms with van der Waals surface area (Å²) < 4.78 is 30.0. The number of benzene rings is 1. The Hall–Kier alpha value is -1.73. The Balaban J connectivity index is 2.16. The number of Topliss-reactive ketones (excluding diaryl/α,β-unsaturated/α-hetero) is 1. The van der Waals surface area contributed by atoms with Crippen LogP contribution in [-0.4, -0.2) is 43.8 Å². The molecule has 0 amide bonds. The molecule has 0 unspecified atom stereocenters. The van der Waals surface area contributed by atoms with E-state index in [0.29, 0.717) is 24.9 Å². The number of aryl methyl sites for hydroxylation is 1. The van der Waals surface area contributed by atoms with E-state index in [1.54, 1.807) is 18.2 Å². The molecule has 1 heterocycles. The van der Waals surface area contributed by atoms with E-state index >= 15 is 0 Å². The number of esters is 1. The largest absolute Gasteiger partial charge is 0.425 e. The molecule has 1 aromatic rings. The second kappa shape index (κ2) is 6.80. The van der Waals surface area contributed by atoms with Gasteiger partial charge in [0.25, 0.3) is 0 Å². The van der Waals surface area contributed by atoms with Crippen molar-refractivity contribution < 1.29 is 22.7 Å². The van der Waals surface area contributed by atoms with E-state index < -0.39 is 21.9 Å². The summed E-state index contributed by atoms with van der Waals surface area (Å²) in [6.07, 6.45) is 2.32. The van der Waals surface area contributed by atoms with Crippen molar-refractivity contribution >= 4 is 21.8 Å². The fraction of sp³-hybridized carbons (Fsp3) is 0.500. The van der Waals surface area contributed by atoms with Gasteiger partial charge >= 0.3 is 5.97 Å². The van der Waals surface area contributed by atoms with Gasteiger partial charge in [0.1, 0.15) is 5.75 Å². The minimum absolute atomic E-state index is 0.124. The van der Waals surface area contributed by atoms with Crippen LogP contribution in [0.15, 0.2) is 18.2 Å². The SMILES string of the molecule is CC(=O)c1ccc(C)cc1OC(=O)[C@@H]1CCCN(S(C)(=O)=O)C1. The van der Waals surface area contributed by atoms with Crippen molar-refractivity contribution in [1.29, 1.82) is 0 Å². The molecule has 1 atom stereocenters. The first kappa shape index (κ1) is 17.6. The Labute approximate surface area is 136 Å². The molecule has 1 aromatic carbocycles. The highest BCUT2D eigenvalue weighted by Gasteiger charge is 2.31. The summed E-state index contributed by atoms with van der Waals surface area (Å²) in [6.45, 7) is 3.80.